The predicted octanol–water partition coefficient (Wildman–Crippen LogP) is 2.20. The Hall–Kier alpha value is -0.810. The summed E-state index contributed by atoms with van der Waals surface area (Å²) in [6, 6.07) is 1.15. The molecule has 1 saturated heterocycles. The molecule has 23 heavy (non-hydrogen) atoms. The molecule has 2 saturated carbocycles. The van der Waals surface area contributed by atoms with E-state index in [4.69, 9.17) is 0 Å². The summed E-state index contributed by atoms with van der Waals surface area (Å²) < 4.78 is 0. The van der Waals surface area contributed by atoms with Gasteiger partial charge in [-0.05, 0) is 38.5 Å². The van der Waals surface area contributed by atoms with E-state index in [9.17, 15) is 9.90 Å². The Morgan fingerprint density at radius 1 is 1.09 bits per heavy atom. The number of aliphatic hydroxyl groups is 1. The number of urea groups is 1. The van der Waals surface area contributed by atoms with E-state index in [2.05, 4.69) is 10.2 Å². The highest BCUT2D eigenvalue weighted by atomic mass is 16.3. The molecule has 1 heterocycles. The summed E-state index contributed by atoms with van der Waals surface area (Å²) in [4.78, 5) is 16.8. The smallest absolute Gasteiger partial charge is 0.317 e. The van der Waals surface area contributed by atoms with Crippen molar-refractivity contribution in [3.63, 3.8) is 0 Å². The van der Waals surface area contributed by atoms with Crippen LogP contribution in [0.4, 0.5) is 4.79 Å². The van der Waals surface area contributed by atoms with Gasteiger partial charge in [-0.25, -0.2) is 4.79 Å². The molecule has 5 heteroatoms. The molecule has 0 aromatic heterocycles. The van der Waals surface area contributed by atoms with Crippen LogP contribution in [0.15, 0.2) is 0 Å². The van der Waals surface area contributed by atoms with Crippen LogP contribution in [0.5, 0.6) is 0 Å². The van der Waals surface area contributed by atoms with Crippen LogP contribution >= 0.6 is 0 Å². The average molecular weight is 323 g/mol. The fourth-order valence-corrected chi connectivity index (χ4v) is 4.63. The third-order valence-corrected chi connectivity index (χ3v) is 6.17. The Morgan fingerprint density at radius 3 is 2.39 bits per heavy atom. The summed E-state index contributed by atoms with van der Waals surface area (Å²) in [5.41, 5.74) is 0. The van der Waals surface area contributed by atoms with E-state index in [1.54, 1.807) is 4.90 Å². The molecule has 1 aliphatic heterocycles. The molecule has 0 radical (unpaired) electrons. The van der Waals surface area contributed by atoms with Gasteiger partial charge in [0.15, 0.2) is 0 Å². The van der Waals surface area contributed by atoms with Gasteiger partial charge >= 0.3 is 6.03 Å². The lowest BCUT2D eigenvalue weighted by Crippen LogP contribution is -2.50. The third kappa shape index (κ3) is 4.38. The number of carbonyl (C=O) groups is 1. The van der Waals surface area contributed by atoms with Gasteiger partial charge in [-0.15, -0.1) is 0 Å². The van der Waals surface area contributed by atoms with Crippen molar-refractivity contribution in [2.75, 3.05) is 26.7 Å². The molecule has 2 aliphatic carbocycles. The van der Waals surface area contributed by atoms with Crippen LogP contribution in [-0.2, 0) is 0 Å². The molecule has 2 N–H and O–H groups in total. The maximum atomic E-state index is 12.4. The van der Waals surface area contributed by atoms with Gasteiger partial charge in [0.05, 0.1) is 6.10 Å². The van der Waals surface area contributed by atoms with E-state index < -0.39 is 0 Å². The first-order valence-corrected chi connectivity index (χ1v) is 9.57. The number of nitrogens with one attached hydrogen (secondary N) is 1. The van der Waals surface area contributed by atoms with Crippen LogP contribution in [0, 0.1) is 5.92 Å². The second kappa shape index (κ2) is 7.84. The van der Waals surface area contributed by atoms with Gasteiger partial charge in [0.1, 0.15) is 0 Å². The summed E-state index contributed by atoms with van der Waals surface area (Å²) in [7, 11) is 1.86. The normalized spacial score (nSPS) is 30.7. The maximum absolute atomic E-state index is 12.4. The number of piperidine rings is 1. The highest BCUT2D eigenvalue weighted by molar-refractivity contribution is 5.74. The zero-order valence-electron chi connectivity index (χ0n) is 14.5. The lowest BCUT2D eigenvalue weighted by Gasteiger charge is -2.37. The fraction of sp³-hybridized carbons (Fsp3) is 0.944. The van der Waals surface area contributed by atoms with Gasteiger partial charge in [-0.2, -0.15) is 0 Å². The number of aliphatic hydroxyl groups excluding tert-OH is 1. The largest absolute Gasteiger partial charge is 0.393 e. The predicted molar refractivity (Wildman–Crippen MR) is 91.4 cm³/mol. The van der Waals surface area contributed by atoms with Crippen molar-refractivity contribution in [1.82, 2.24) is 15.1 Å². The van der Waals surface area contributed by atoms with Crippen LogP contribution in [0.3, 0.4) is 0 Å². The summed E-state index contributed by atoms with van der Waals surface area (Å²) in [5, 5.41) is 13.1. The monoisotopic (exact) mass is 323 g/mol. The fourth-order valence-electron chi connectivity index (χ4n) is 4.63. The highest BCUT2D eigenvalue weighted by Gasteiger charge is 2.30. The number of amides is 2. The number of hydrogen-bond donors (Lipinski definition) is 2. The Kier molecular flexibility index (Phi) is 5.81. The first kappa shape index (κ1) is 17.0. The van der Waals surface area contributed by atoms with Crippen LogP contribution in [0.1, 0.15) is 57.8 Å². The molecule has 0 aromatic carbocycles. The van der Waals surface area contributed by atoms with Crippen molar-refractivity contribution >= 4 is 6.03 Å². The number of carbonyl (C=O) groups excluding carboxylic acids is 1. The molecule has 0 aromatic rings. The number of rotatable bonds is 4. The van der Waals surface area contributed by atoms with Gasteiger partial charge < -0.3 is 20.2 Å². The zero-order chi connectivity index (χ0) is 16.2. The molecular formula is C18H33N3O2. The minimum atomic E-state index is -0.222. The lowest BCUT2D eigenvalue weighted by molar-refractivity contribution is 0.110. The van der Waals surface area contributed by atoms with Crippen molar-refractivity contribution in [2.24, 2.45) is 5.92 Å². The molecule has 2 amide bonds. The topological polar surface area (TPSA) is 55.8 Å². The molecule has 3 aliphatic rings. The van der Waals surface area contributed by atoms with Crippen molar-refractivity contribution in [3.8, 4) is 0 Å². The Balaban J connectivity index is 1.38. The van der Waals surface area contributed by atoms with E-state index in [-0.39, 0.29) is 18.1 Å². The standard InChI is InChI=1S/C18H33N3O2/c1-20(13-14-5-4-8-17(14)22)18(23)19-15-9-11-21(12-10-15)16-6-2-3-7-16/h14-17,22H,2-13H2,1H3,(H,19,23). The van der Waals surface area contributed by atoms with E-state index >= 15 is 0 Å². The molecular weight excluding hydrogens is 290 g/mol. The Morgan fingerprint density at radius 2 is 1.78 bits per heavy atom. The van der Waals surface area contributed by atoms with Crippen LogP contribution in [0.25, 0.3) is 0 Å². The second-order valence-electron chi connectivity index (χ2n) is 7.84. The van der Waals surface area contributed by atoms with Crippen LogP contribution in [-0.4, -0.2) is 65.8 Å². The van der Waals surface area contributed by atoms with E-state index in [1.807, 2.05) is 7.05 Å². The highest BCUT2D eigenvalue weighted by Crippen LogP contribution is 2.27. The molecule has 132 valence electrons. The number of hydrogen-bond acceptors (Lipinski definition) is 3. The van der Waals surface area contributed by atoms with Crippen molar-refractivity contribution in [3.05, 3.63) is 0 Å². The summed E-state index contributed by atoms with van der Waals surface area (Å²) in [6.45, 7) is 2.93. The first-order valence-electron chi connectivity index (χ1n) is 9.57. The summed E-state index contributed by atoms with van der Waals surface area (Å²) >= 11 is 0. The molecule has 5 nitrogen and oxygen atoms in total. The zero-order valence-corrected chi connectivity index (χ0v) is 14.5. The molecule has 2 unspecified atom stereocenters. The molecule has 3 rings (SSSR count). The third-order valence-electron chi connectivity index (χ3n) is 6.17. The quantitative estimate of drug-likeness (QED) is 0.834. The van der Waals surface area contributed by atoms with Gasteiger partial charge in [0.2, 0.25) is 0 Å². The Labute approximate surface area is 140 Å². The molecule has 0 bridgehead atoms. The van der Waals surface area contributed by atoms with Crippen molar-refractivity contribution in [1.29, 1.82) is 0 Å². The van der Waals surface area contributed by atoms with Crippen molar-refractivity contribution in [2.45, 2.75) is 76.0 Å². The summed E-state index contributed by atoms with van der Waals surface area (Å²) in [5.74, 6) is 0.259. The van der Waals surface area contributed by atoms with E-state index in [0.29, 0.717) is 12.6 Å². The van der Waals surface area contributed by atoms with Gasteiger partial charge in [0.25, 0.3) is 0 Å². The van der Waals surface area contributed by atoms with Crippen LogP contribution < -0.4 is 5.32 Å². The minimum Gasteiger partial charge on any atom is -0.393 e. The lowest BCUT2D eigenvalue weighted by atomic mass is 10.0. The molecule has 2 atom stereocenters. The SMILES string of the molecule is CN(CC1CCCC1O)C(=O)NC1CCN(C2CCCC2)CC1. The second-order valence-corrected chi connectivity index (χ2v) is 7.84. The maximum Gasteiger partial charge on any atom is 0.317 e. The van der Waals surface area contributed by atoms with Crippen molar-refractivity contribution < 1.29 is 9.90 Å². The first-order chi connectivity index (χ1) is 11.1. The minimum absolute atomic E-state index is 0.0309. The summed E-state index contributed by atoms with van der Waals surface area (Å²) in [6.07, 6.45) is 10.4. The van der Waals surface area contributed by atoms with Gasteiger partial charge in [-0.3, -0.25) is 0 Å². The molecule has 0 spiro atoms. The van der Waals surface area contributed by atoms with E-state index in [1.165, 1.54) is 25.7 Å². The molecule has 3 fully saturated rings. The van der Waals surface area contributed by atoms with Gasteiger partial charge in [0, 0.05) is 44.7 Å². The van der Waals surface area contributed by atoms with E-state index in [0.717, 1.165) is 51.2 Å². The number of likely N-dealkylation sites (tertiary alicyclic amines) is 1. The average Bonchev–Trinajstić information content (AvgIpc) is 3.21. The van der Waals surface area contributed by atoms with Crippen LogP contribution in [0.2, 0.25) is 0 Å². The number of nitrogens with zero attached hydrogens (tertiary/aromatic N) is 2. The Bertz CT molecular complexity index is 390. The van der Waals surface area contributed by atoms with Gasteiger partial charge in [-0.1, -0.05) is 19.3 Å².